The summed E-state index contributed by atoms with van der Waals surface area (Å²) in [6, 6.07) is 4.76. The quantitative estimate of drug-likeness (QED) is 0.400. The van der Waals surface area contributed by atoms with Crippen LogP contribution in [0.2, 0.25) is 0 Å². The first kappa shape index (κ1) is 20.0. The Kier molecular flexibility index (Phi) is 6.55. The average molecular weight is 392 g/mol. The highest BCUT2D eigenvalue weighted by Crippen LogP contribution is 2.28. The van der Waals surface area contributed by atoms with Crippen molar-refractivity contribution < 1.29 is 19.1 Å². The van der Waals surface area contributed by atoms with E-state index < -0.39 is 18.0 Å². The maximum Gasteiger partial charge on any atom is 0.272 e. The molecule has 0 radical (unpaired) electrons. The van der Waals surface area contributed by atoms with Gasteiger partial charge >= 0.3 is 0 Å². The number of amides is 2. The van der Waals surface area contributed by atoms with Crippen LogP contribution in [0, 0.1) is 0 Å². The second-order valence-corrected chi connectivity index (χ2v) is 6.12. The van der Waals surface area contributed by atoms with Crippen molar-refractivity contribution >= 4 is 34.2 Å². The van der Waals surface area contributed by atoms with Crippen LogP contribution in [0.4, 0.5) is 5.13 Å². The van der Waals surface area contributed by atoms with Crippen molar-refractivity contribution in [2.24, 2.45) is 16.5 Å². The van der Waals surface area contributed by atoms with E-state index in [1.54, 1.807) is 25.1 Å². The lowest BCUT2D eigenvalue weighted by Gasteiger charge is -2.09. The molecule has 0 aliphatic carbocycles. The van der Waals surface area contributed by atoms with Gasteiger partial charge in [0.2, 0.25) is 0 Å². The third-order valence-corrected chi connectivity index (χ3v) is 4.04. The minimum Gasteiger partial charge on any atom is -0.493 e. The highest BCUT2D eigenvalue weighted by atomic mass is 32.1. The zero-order valence-corrected chi connectivity index (χ0v) is 15.8. The van der Waals surface area contributed by atoms with Crippen LogP contribution in [0.15, 0.2) is 28.6 Å². The summed E-state index contributed by atoms with van der Waals surface area (Å²) in [6.45, 7) is 1.61. The van der Waals surface area contributed by atoms with Gasteiger partial charge in [-0.1, -0.05) is 0 Å². The van der Waals surface area contributed by atoms with Crippen LogP contribution in [0.5, 0.6) is 11.5 Å². The minimum atomic E-state index is -0.603. The molecule has 2 amide bonds. The number of carbonyl (C=O) groups is 2. The molecule has 1 aromatic carbocycles. The first-order valence-corrected chi connectivity index (χ1v) is 8.60. The molecule has 144 valence electrons. The van der Waals surface area contributed by atoms with Crippen LogP contribution in [0.3, 0.4) is 0 Å². The molecule has 0 bridgehead atoms. The summed E-state index contributed by atoms with van der Waals surface area (Å²) in [4.78, 5) is 32.4. The smallest absolute Gasteiger partial charge is 0.272 e. The number of benzene rings is 1. The molecule has 0 aliphatic heterocycles. The Bertz CT molecular complexity index is 862. The number of ether oxygens (including phenoxy) is 2. The maximum atomic E-state index is 12.4. The van der Waals surface area contributed by atoms with Gasteiger partial charge < -0.3 is 26.3 Å². The van der Waals surface area contributed by atoms with Crippen molar-refractivity contribution in [2.75, 3.05) is 19.5 Å². The van der Waals surface area contributed by atoms with Gasteiger partial charge in [-0.25, -0.2) is 9.98 Å². The van der Waals surface area contributed by atoms with E-state index in [2.05, 4.69) is 20.6 Å². The van der Waals surface area contributed by atoms with Crippen molar-refractivity contribution in [3.05, 3.63) is 34.8 Å². The number of carbonyl (C=O) groups excluding carboxylic acids is 2. The van der Waals surface area contributed by atoms with E-state index in [0.29, 0.717) is 17.1 Å². The summed E-state index contributed by atoms with van der Waals surface area (Å²) >= 11 is 1.11. The number of rotatable bonds is 7. The molecule has 0 fully saturated rings. The number of nitrogens with two attached hydrogens (primary N) is 2. The molecule has 2 rings (SSSR count). The van der Waals surface area contributed by atoms with Crippen molar-refractivity contribution in [3.8, 4) is 11.5 Å². The van der Waals surface area contributed by atoms with Crippen LogP contribution in [-0.2, 0) is 0 Å². The van der Waals surface area contributed by atoms with E-state index in [4.69, 9.17) is 20.9 Å². The van der Waals surface area contributed by atoms with Crippen LogP contribution >= 0.6 is 11.3 Å². The molecule has 10 nitrogen and oxygen atoms in total. The summed E-state index contributed by atoms with van der Waals surface area (Å²) in [5.41, 5.74) is 11.0. The Hall–Kier alpha value is -3.34. The molecule has 11 heteroatoms. The number of hydrogen-bond donors (Lipinski definition) is 4. The van der Waals surface area contributed by atoms with E-state index in [1.165, 1.54) is 19.6 Å². The lowest BCUT2D eigenvalue weighted by atomic mass is 10.2. The Morgan fingerprint density at radius 1 is 1.19 bits per heavy atom. The first-order valence-electron chi connectivity index (χ1n) is 7.72. The summed E-state index contributed by atoms with van der Waals surface area (Å²) < 4.78 is 10.3. The summed E-state index contributed by atoms with van der Waals surface area (Å²) in [7, 11) is 2.99. The topological polar surface area (TPSA) is 154 Å². The van der Waals surface area contributed by atoms with Gasteiger partial charge in [-0.3, -0.25) is 14.9 Å². The molecule has 1 atom stereocenters. The predicted molar refractivity (Wildman–Crippen MR) is 102 cm³/mol. The normalized spacial score (nSPS) is 11.2. The standard InChI is InChI=1S/C16H20N6O4S/c1-8(20-15(17)18)19-14(24)10-7-27-16(21-10)22-13(23)9-4-5-11(25-2)12(6-9)26-3/h4-8H,1-3H3,(H,19,24)(H4,17,18,20)(H,21,22,23). The molecule has 1 unspecified atom stereocenters. The fraction of sp³-hybridized carbons (Fsp3) is 0.250. The van der Waals surface area contributed by atoms with Crippen molar-refractivity contribution in [3.63, 3.8) is 0 Å². The zero-order valence-electron chi connectivity index (χ0n) is 15.0. The van der Waals surface area contributed by atoms with E-state index in [1.807, 2.05) is 0 Å². The summed E-state index contributed by atoms with van der Waals surface area (Å²) in [5.74, 6) is -0.0549. The van der Waals surface area contributed by atoms with Gasteiger partial charge in [-0.05, 0) is 25.1 Å². The number of guanidine groups is 1. The molecule has 6 N–H and O–H groups in total. The maximum absolute atomic E-state index is 12.4. The molecular formula is C16H20N6O4S. The average Bonchev–Trinajstić information content (AvgIpc) is 3.08. The largest absolute Gasteiger partial charge is 0.493 e. The number of aliphatic imine (C=N–C) groups is 1. The Labute approximate surface area is 159 Å². The Balaban J connectivity index is 2.06. The molecule has 1 aromatic heterocycles. The van der Waals surface area contributed by atoms with Crippen LogP contribution in [0.1, 0.15) is 27.8 Å². The zero-order chi connectivity index (χ0) is 20.0. The van der Waals surface area contributed by atoms with E-state index >= 15 is 0 Å². The molecule has 0 saturated heterocycles. The summed E-state index contributed by atoms with van der Waals surface area (Å²) in [5, 5.41) is 6.99. The lowest BCUT2D eigenvalue weighted by molar-refractivity contribution is 0.0936. The number of aromatic nitrogens is 1. The minimum absolute atomic E-state index is 0.135. The molecule has 0 saturated carbocycles. The number of nitrogens with one attached hydrogen (secondary N) is 2. The monoisotopic (exact) mass is 392 g/mol. The van der Waals surface area contributed by atoms with Gasteiger partial charge in [0.25, 0.3) is 11.8 Å². The van der Waals surface area contributed by atoms with Crippen molar-refractivity contribution in [1.82, 2.24) is 10.3 Å². The number of hydrogen-bond acceptors (Lipinski definition) is 7. The lowest BCUT2D eigenvalue weighted by Crippen LogP contribution is -2.35. The van der Waals surface area contributed by atoms with Gasteiger partial charge in [0, 0.05) is 10.9 Å². The van der Waals surface area contributed by atoms with E-state index in [-0.39, 0.29) is 16.8 Å². The van der Waals surface area contributed by atoms with E-state index in [0.717, 1.165) is 11.3 Å². The van der Waals surface area contributed by atoms with Crippen molar-refractivity contribution in [2.45, 2.75) is 13.1 Å². The highest BCUT2D eigenvalue weighted by molar-refractivity contribution is 7.14. The molecule has 27 heavy (non-hydrogen) atoms. The number of methoxy groups -OCH3 is 2. The molecule has 0 spiro atoms. The van der Waals surface area contributed by atoms with Gasteiger partial charge in [-0.2, -0.15) is 0 Å². The van der Waals surface area contributed by atoms with Crippen LogP contribution in [-0.4, -0.2) is 43.1 Å². The van der Waals surface area contributed by atoms with Gasteiger partial charge in [0.15, 0.2) is 22.6 Å². The number of nitrogens with zero attached hydrogens (tertiary/aromatic N) is 2. The van der Waals surface area contributed by atoms with E-state index in [9.17, 15) is 9.59 Å². The number of anilines is 1. The first-order chi connectivity index (χ1) is 12.8. The van der Waals surface area contributed by atoms with Gasteiger partial charge in [-0.15, -0.1) is 11.3 Å². The molecule has 0 aliphatic rings. The van der Waals surface area contributed by atoms with Crippen molar-refractivity contribution in [1.29, 1.82) is 0 Å². The SMILES string of the molecule is COc1ccc(C(=O)Nc2nc(C(=O)NC(C)N=C(N)N)cs2)cc1OC. The highest BCUT2D eigenvalue weighted by Gasteiger charge is 2.16. The Morgan fingerprint density at radius 2 is 1.89 bits per heavy atom. The predicted octanol–water partition coefficient (Wildman–Crippen LogP) is 0.762. The van der Waals surface area contributed by atoms with Crippen LogP contribution < -0.4 is 31.6 Å². The third-order valence-electron chi connectivity index (χ3n) is 3.29. The fourth-order valence-corrected chi connectivity index (χ4v) is 2.79. The Morgan fingerprint density at radius 3 is 2.52 bits per heavy atom. The second kappa shape index (κ2) is 8.85. The number of thiazole rings is 1. The second-order valence-electron chi connectivity index (χ2n) is 5.27. The summed E-state index contributed by atoms with van der Waals surface area (Å²) in [6.07, 6.45) is -0.603. The van der Waals surface area contributed by atoms with Gasteiger partial charge in [0.05, 0.1) is 14.2 Å². The third kappa shape index (κ3) is 5.31. The molecule has 2 aromatic rings. The van der Waals surface area contributed by atoms with Crippen LogP contribution in [0.25, 0.3) is 0 Å². The molecule has 1 heterocycles. The molecular weight excluding hydrogens is 372 g/mol. The van der Waals surface area contributed by atoms with Gasteiger partial charge in [0.1, 0.15) is 11.9 Å². The fourth-order valence-electron chi connectivity index (χ4n) is 2.10.